The lowest BCUT2D eigenvalue weighted by molar-refractivity contribution is -0.126. The first-order valence-electron chi connectivity index (χ1n) is 6.77. The fourth-order valence-electron chi connectivity index (χ4n) is 1.65. The van der Waals surface area contributed by atoms with Gasteiger partial charge >= 0.3 is 0 Å². The molecule has 0 radical (unpaired) electrons. The molecule has 1 aromatic carbocycles. The van der Waals surface area contributed by atoms with E-state index in [-0.39, 0.29) is 18.1 Å². The Bertz CT molecular complexity index is 375. The maximum atomic E-state index is 11.6. The van der Waals surface area contributed by atoms with E-state index in [4.69, 9.17) is 10.5 Å². The van der Waals surface area contributed by atoms with E-state index in [1.807, 2.05) is 44.2 Å². The SMILES string of the molecule is CCC(N)(CC)COCC(=O)NCc1ccccc1. The number of benzene rings is 1. The van der Waals surface area contributed by atoms with E-state index < -0.39 is 0 Å². The normalized spacial score (nSPS) is 11.3. The van der Waals surface area contributed by atoms with Gasteiger partial charge in [-0.15, -0.1) is 0 Å². The molecule has 0 aliphatic carbocycles. The van der Waals surface area contributed by atoms with Gasteiger partial charge in [-0.2, -0.15) is 0 Å². The summed E-state index contributed by atoms with van der Waals surface area (Å²) >= 11 is 0. The summed E-state index contributed by atoms with van der Waals surface area (Å²) in [4.78, 5) is 11.6. The molecule has 4 heteroatoms. The Labute approximate surface area is 115 Å². The van der Waals surface area contributed by atoms with E-state index in [9.17, 15) is 4.79 Å². The number of carbonyl (C=O) groups excluding carboxylic acids is 1. The summed E-state index contributed by atoms with van der Waals surface area (Å²) in [5.74, 6) is -0.113. The van der Waals surface area contributed by atoms with Gasteiger partial charge in [0.1, 0.15) is 6.61 Å². The Morgan fingerprint density at radius 2 is 1.89 bits per heavy atom. The van der Waals surface area contributed by atoms with Gasteiger partial charge < -0.3 is 15.8 Å². The Hall–Kier alpha value is -1.39. The average Bonchev–Trinajstić information content (AvgIpc) is 2.46. The van der Waals surface area contributed by atoms with Crippen molar-refractivity contribution in [2.24, 2.45) is 5.73 Å². The van der Waals surface area contributed by atoms with Crippen molar-refractivity contribution in [1.82, 2.24) is 5.32 Å². The first kappa shape index (κ1) is 15.7. The highest BCUT2D eigenvalue weighted by molar-refractivity contribution is 5.77. The number of hydrogen-bond donors (Lipinski definition) is 2. The molecule has 0 bridgehead atoms. The lowest BCUT2D eigenvalue weighted by Crippen LogP contribution is -2.44. The largest absolute Gasteiger partial charge is 0.370 e. The molecule has 1 aromatic rings. The molecule has 0 aliphatic rings. The molecule has 0 atom stereocenters. The van der Waals surface area contributed by atoms with Crippen molar-refractivity contribution in [2.45, 2.75) is 38.8 Å². The Kier molecular flexibility index (Phi) is 6.53. The molecule has 0 spiro atoms. The Morgan fingerprint density at radius 1 is 1.26 bits per heavy atom. The van der Waals surface area contributed by atoms with E-state index in [0.717, 1.165) is 18.4 Å². The lowest BCUT2D eigenvalue weighted by Gasteiger charge is -2.26. The first-order chi connectivity index (χ1) is 9.09. The third kappa shape index (κ3) is 5.85. The summed E-state index contributed by atoms with van der Waals surface area (Å²) in [7, 11) is 0. The molecule has 0 aliphatic heterocycles. The fourth-order valence-corrected chi connectivity index (χ4v) is 1.65. The zero-order chi connectivity index (χ0) is 14.1. The monoisotopic (exact) mass is 264 g/mol. The summed E-state index contributed by atoms with van der Waals surface area (Å²) in [6.45, 7) is 5.06. The highest BCUT2D eigenvalue weighted by atomic mass is 16.5. The van der Waals surface area contributed by atoms with Crippen LogP contribution in [-0.2, 0) is 16.1 Å². The van der Waals surface area contributed by atoms with Crippen molar-refractivity contribution in [3.05, 3.63) is 35.9 Å². The third-order valence-electron chi connectivity index (χ3n) is 3.36. The van der Waals surface area contributed by atoms with Crippen LogP contribution in [0.25, 0.3) is 0 Å². The number of carbonyl (C=O) groups is 1. The highest BCUT2D eigenvalue weighted by Crippen LogP contribution is 2.11. The second kappa shape index (κ2) is 7.92. The smallest absolute Gasteiger partial charge is 0.246 e. The minimum absolute atomic E-state index is 0.0613. The standard InChI is InChI=1S/C15H24N2O2/c1-3-15(16,4-2)12-19-11-14(18)17-10-13-8-6-5-7-9-13/h5-9H,3-4,10-12,16H2,1-2H3,(H,17,18). The van der Waals surface area contributed by atoms with E-state index in [1.165, 1.54) is 0 Å². The molecular weight excluding hydrogens is 240 g/mol. The summed E-state index contributed by atoms with van der Waals surface area (Å²) in [6, 6.07) is 9.79. The zero-order valence-electron chi connectivity index (χ0n) is 11.8. The van der Waals surface area contributed by atoms with Crippen LogP contribution in [0.3, 0.4) is 0 Å². The number of nitrogens with two attached hydrogens (primary N) is 1. The van der Waals surface area contributed by atoms with Gasteiger partial charge in [0.25, 0.3) is 0 Å². The van der Waals surface area contributed by atoms with Crippen LogP contribution < -0.4 is 11.1 Å². The third-order valence-corrected chi connectivity index (χ3v) is 3.36. The van der Waals surface area contributed by atoms with Gasteiger partial charge in [-0.1, -0.05) is 44.2 Å². The van der Waals surface area contributed by atoms with Crippen LogP contribution in [0, 0.1) is 0 Å². The summed E-state index contributed by atoms with van der Waals surface area (Å²) < 4.78 is 5.39. The molecule has 106 valence electrons. The van der Waals surface area contributed by atoms with Gasteiger partial charge in [-0.3, -0.25) is 4.79 Å². The molecule has 0 fully saturated rings. The highest BCUT2D eigenvalue weighted by Gasteiger charge is 2.20. The number of rotatable bonds is 8. The maximum Gasteiger partial charge on any atom is 0.246 e. The average molecular weight is 264 g/mol. The van der Waals surface area contributed by atoms with Crippen LogP contribution in [-0.4, -0.2) is 24.7 Å². The van der Waals surface area contributed by atoms with Crippen LogP contribution in [0.5, 0.6) is 0 Å². The van der Waals surface area contributed by atoms with Gasteiger partial charge in [0.05, 0.1) is 6.61 Å². The number of hydrogen-bond acceptors (Lipinski definition) is 3. The fraction of sp³-hybridized carbons (Fsp3) is 0.533. The molecular formula is C15H24N2O2. The van der Waals surface area contributed by atoms with E-state index in [1.54, 1.807) is 0 Å². The van der Waals surface area contributed by atoms with Crippen molar-refractivity contribution in [2.75, 3.05) is 13.2 Å². The van der Waals surface area contributed by atoms with Gasteiger partial charge in [0.2, 0.25) is 5.91 Å². The predicted octanol–water partition coefficient (Wildman–Crippen LogP) is 1.84. The molecule has 0 heterocycles. The second-order valence-corrected chi connectivity index (χ2v) is 4.82. The Balaban J connectivity index is 2.22. The molecule has 0 aromatic heterocycles. The summed E-state index contributed by atoms with van der Waals surface area (Å²) in [6.07, 6.45) is 1.68. The number of ether oxygens (including phenoxy) is 1. The van der Waals surface area contributed by atoms with Gasteiger partial charge in [-0.05, 0) is 18.4 Å². The lowest BCUT2D eigenvalue weighted by atomic mass is 9.96. The molecule has 3 N–H and O–H groups in total. The van der Waals surface area contributed by atoms with Crippen molar-refractivity contribution < 1.29 is 9.53 Å². The van der Waals surface area contributed by atoms with E-state index in [2.05, 4.69) is 5.32 Å². The first-order valence-corrected chi connectivity index (χ1v) is 6.77. The van der Waals surface area contributed by atoms with Crippen molar-refractivity contribution in [3.63, 3.8) is 0 Å². The molecule has 1 amide bonds. The van der Waals surface area contributed by atoms with Crippen LogP contribution in [0.1, 0.15) is 32.3 Å². The van der Waals surface area contributed by atoms with Crippen LogP contribution in [0.15, 0.2) is 30.3 Å². The molecule has 1 rings (SSSR count). The Morgan fingerprint density at radius 3 is 2.47 bits per heavy atom. The quantitative estimate of drug-likeness (QED) is 0.753. The van der Waals surface area contributed by atoms with Gasteiger partial charge in [0.15, 0.2) is 0 Å². The van der Waals surface area contributed by atoms with Crippen LogP contribution >= 0.6 is 0 Å². The minimum Gasteiger partial charge on any atom is -0.370 e. The van der Waals surface area contributed by atoms with Gasteiger partial charge in [0, 0.05) is 12.1 Å². The molecule has 19 heavy (non-hydrogen) atoms. The molecule has 0 saturated carbocycles. The zero-order valence-corrected chi connectivity index (χ0v) is 11.8. The predicted molar refractivity (Wildman–Crippen MR) is 76.6 cm³/mol. The maximum absolute atomic E-state index is 11.6. The summed E-state index contributed by atoms with van der Waals surface area (Å²) in [5, 5.41) is 2.82. The van der Waals surface area contributed by atoms with Crippen molar-refractivity contribution in [1.29, 1.82) is 0 Å². The number of nitrogens with one attached hydrogen (secondary N) is 1. The second-order valence-electron chi connectivity index (χ2n) is 4.82. The molecule has 0 saturated heterocycles. The van der Waals surface area contributed by atoms with Crippen molar-refractivity contribution in [3.8, 4) is 0 Å². The topological polar surface area (TPSA) is 64.3 Å². The molecule has 4 nitrogen and oxygen atoms in total. The molecule has 0 unspecified atom stereocenters. The minimum atomic E-state index is -0.320. The van der Waals surface area contributed by atoms with E-state index >= 15 is 0 Å². The van der Waals surface area contributed by atoms with Crippen molar-refractivity contribution >= 4 is 5.91 Å². The van der Waals surface area contributed by atoms with Gasteiger partial charge in [-0.25, -0.2) is 0 Å². The van der Waals surface area contributed by atoms with Crippen LogP contribution in [0.2, 0.25) is 0 Å². The summed E-state index contributed by atoms with van der Waals surface area (Å²) in [5.41, 5.74) is 6.85. The van der Waals surface area contributed by atoms with E-state index in [0.29, 0.717) is 13.2 Å². The van der Waals surface area contributed by atoms with Crippen LogP contribution in [0.4, 0.5) is 0 Å². The number of amides is 1.